The summed E-state index contributed by atoms with van der Waals surface area (Å²) in [4.78, 5) is 2.50. The molecule has 1 saturated heterocycles. The fourth-order valence-electron chi connectivity index (χ4n) is 3.73. The highest BCUT2D eigenvalue weighted by atomic mass is 35.5. The zero-order valence-electron chi connectivity index (χ0n) is 16.4. The van der Waals surface area contributed by atoms with Gasteiger partial charge in [0, 0.05) is 30.2 Å². The number of aromatic amines is 1. The maximum atomic E-state index is 6.09. The number of hydrogen-bond acceptors (Lipinski definition) is 3. The Labute approximate surface area is 171 Å². The van der Waals surface area contributed by atoms with Crippen molar-refractivity contribution in [3.63, 3.8) is 0 Å². The molecular formula is C23H26ClN3O. The SMILES string of the molecule is CC(C)CN1CCO[C@H](c2ccc(-c3cc(-c4cccc(Cl)c4)n[nH]3)cc2)C1. The number of benzene rings is 2. The molecule has 146 valence electrons. The van der Waals surface area contributed by atoms with Crippen LogP contribution in [-0.4, -0.2) is 41.3 Å². The lowest BCUT2D eigenvalue weighted by Gasteiger charge is -2.34. The van der Waals surface area contributed by atoms with Crippen molar-refractivity contribution in [3.05, 3.63) is 65.2 Å². The lowest BCUT2D eigenvalue weighted by molar-refractivity contribution is -0.0332. The summed E-state index contributed by atoms with van der Waals surface area (Å²) in [7, 11) is 0. The van der Waals surface area contributed by atoms with Crippen LogP contribution in [0.2, 0.25) is 5.02 Å². The molecule has 4 nitrogen and oxygen atoms in total. The third-order valence-corrected chi connectivity index (χ3v) is 5.30. The molecule has 3 aromatic rings. The Morgan fingerprint density at radius 1 is 1.14 bits per heavy atom. The molecule has 0 aliphatic carbocycles. The average Bonchev–Trinajstić information content (AvgIpc) is 3.18. The van der Waals surface area contributed by atoms with Gasteiger partial charge in [-0.25, -0.2) is 0 Å². The summed E-state index contributed by atoms with van der Waals surface area (Å²) in [6, 6.07) is 18.4. The van der Waals surface area contributed by atoms with E-state index in [1.165, 1.54) is 5.56 Å². The predicted molar refractivity (Wildman–Crippen MR) is 114 cm³/mol. The number of rotatable bonds is 5. The lowest BCUT2D eigenvalue weighted by atomic mass is 10.0. The molecular weight excluding hydrogens is 370 g/mol. The van der Waals surface area contributed by atoms with Gasteiger partial charge in [0.1, 0.15) is 0 Å². The second kappa shape index (κ2) is 8.48. The van der Waals surface area contributed by atoms with Gasteiger partial charge in [0.2, 0.25) is 0 Å². The topological polar surface area (TPSA) is 41.1 Å². The van der Waals surface area contributed by atoms with Crippen LogP contribution in [0.4, 0.5) is 0 Å². The number of nitrogens with one attached hydrogen (secondary N) is 1. The van der Waals surface area contributed by atoms with Crippen LogP contribution in [0, 0.1) is 5.92 Å². The van der Waals surface area contributed by atoms with Gasteiger partial charge in [0.15, 0.2) is 0 Å². The molecule has 1 aromatic heterocycles. The van der Waals surface area contributed by atoms with Crippen molar-refractivity contribution in [2.75, 3.05) is 26.2 Å². The number of ether oxygens (including phenoxy) is 1. The fraction of sp³-hybridized carbons (Fsp3) is 0.348. The average molecular weight is 396 g/mol. The molecule has 1 N–H and O–H groups in total. The molecule has 0 spiro atoms. The normalized spacial score (nSPS) is 17.9. The summed E-state index contributed by atoms with van der Waals surface area (Å²) >= 11 is 6.09. The van der Waals surface area contributed by atoms with Crippen molar-refractivity contribution in [1.29, 1.82) is 0 Å². The number of aromatic nitrogens is 2. The summed E-state index contributed by atoms with van der Waals surface area (Å²) in [5.41, 5.74) is 5.23. The molecule has 1 atom stereocenters. The van der Waals surface area contributed by atoms with Gasteiger partial charge in [-0.05, 0) is 35.2 Å². The van der Waals surface area contributed by atoms with Crippen molar-refractivity contribution in [1.82, 2.24) is 15.1 Å². The van der Waals surface area contributed by atoms with E-state index in [-0.39, 0.29) is 6.10 Å². The number of morpholine rings is 1. The van der Waals surface area contributed by atoms with Gasteiger partial charge in [-0.2, -0.15) is 5.10 Å². The summed E-state index contributed by atoms with van der Waals surface area (Å²) < 4.78 is 6.02. The molecule has 0 unspecified atom stereocenters. The summed E-state index contributed by atoms with van der Waals surface area (Å²) in [5.74, 6) is 0.676. The Bertz CT molecular complexity index is 920. The fourth-order valence-corrected chi connectivity index (χ4v) is 3.92. The Balaban J connectivity index is 1.48. The third-order valence-electron chi connectivity index (χ3n) is 5.07. The molecule has 0 radical (unpaired) electrons. The molecule has 1 fully saturated rings. The number of hydrogen-bond donors (Lipinski definition) is 1. The van der Waals surface area contributed by atoms with Crippen molar-refractivity contribution < 1.29 is 4.74 Å². The van der Waals surface area contributed by atoms with Crippen LogP contribution < -0.4 is 0 Å². The largest absolute Gasteiger partial charge is 0.371 e. The van der Waals surface area contributed by atoms with E-state index in [0.717, 1.165) is 48.8 Å². The highest BCUT2D eigenvalue weighted by Crippen LogP contribution is 2.28. The van der Waals surface area contributed by atoms with Crippen molar-refractivity contribution in [2.24, 2.45) is 5.92 Å². The maximum absolute atomic E-state index is 6.09. The molecule has 5 heteroatoms. The van der Waals surface area contributed by atoms with Gasteiger partial charge >= 0.3 is 0 Å². The van der Waals surface area contributed by atoms with Crippen LogP contribution in [0.1, 0.15) is 25.5 Å². The predicted octanol–water partition coefficient (Wildman–Crippen LogP) is 5.43. The Hall–Kier alpha value is -2.14. The standard InChI is InChI=1S/C23H26ClN3O/c1-16(2)14-27-10-11-28-23(15-27)18-8-6-17(7-9-18)21-13-22(26-25-21)19-4-3-5-20(24)12-19/h3-9,12-13,16,23H,10-11,14-15H2,1-2H3,(H,25,26)/t23-/m0/s1. The minimum atomic E-state index is 0.144. The van der Waals surface area contributed by atoms with E-state index in [4.69, 9.17) is 16.3 Å². The Kier molecular flexibility index (Phi) is 5.81. The molecule has 28 heavy (non-hydrogen) atoms. The summed E-state index contributed by atoms with van der Waals surface area (Å²) in [5, 5.41) is 8.29. The number of H-pyrrole nitrogens is 1. The van der Waals surface area contributed by atoms with Gasteiger partial charge in [-0.3, -0.25) is 10.00 Å². The van der Waals surface area contributed by atoms with E-state index in [1.807, 2.05) is 24.3 Å². The highest BCUT2D eigenvalue weighted by molar-refractivity contribution is 6.30. The van der Waals surface area contributed by atoms with Crippen LogP contribution in [0.5, 0.6) is 0 Å². The summed E-state index contributed by atoms with van der Waals surface area (Å²) in [6.45, 7) is 8.43. The van der Waals surface area contributed by atoms with Crippen LogP contribution in [-0.2, 0) is 4.74 Å². The van der Waals surface area contributed by atoms with Gasteiger partial charge < -0.3 is 4.74 Å². The van der Waals surface area contributed by atoms with Gasteiger partial charge in [-0.15, -0.1) is 0 Å². The third kappa shape index (κ3) is 4.46. The lowest BCUT2D eigenvalue weighted by Crippen LogP contribution is -2.40. The Morgan fingerprint density at radius 2 is 1.96 bits per heavy atom. The minimum absolute atomic E-state index is 0.144. The first kappa shape index (κ1) is 19.2. The monoisotopic (exact) mass is 395 g/mol. The molecule has 0 amide bonds. The first-order valence-electron chi connectivity index (χ1n) is 9.84. The van der Waals surface area contributed by atoms with E-state index >= 15 is 0 Å². The molecule has 0 bridgehead atoms. The van der Waals surface area contributed by atoms with E-state index in [9.17, 15) is 0 Å². The molecule has 1 aliphatic rings. The maximum Gasteiger partial charge on any atom is 0.0952 e. The smallest absolute Gasteiger partial charge is 0.0952 e. The number of halogens is 1. The van der Waals surface area contributed by atoms with Gasteiger partial charge in [0.05, 0.1) is 24.1 Å². The molecule has 2 heterocycles. The van der Waals surface area contributed by atoms with Crippen molar-refractivity contribution in [2.45, 2.75) is 20.0 Å². The second-order valence-electron chi connectivity index (χ2n) is 7.81. The number of nitrogens with zero attached hydrogens (tertiary/aromatic N) is 2. The van der Waals surface area contributed by atoms with E-state index in [1.54, 1.807) is 0 Å². The first-order chi connectivity index (χ1) is 13.6. The quantitative estimate of drug-likeness (QED) is 0.626. The van der Waals surface area contributed by atoms with E-state index < -0.39 is 0 Å². The van der Waals surface area contributed by atoms with E-state index in [2.05, 4.69) is 59.3 Å². The van der Waals surface area contributed by atoms with Crippen LogP contribution >= 0.6 is 11.6 Å². The van der Waals surface area contributed by atoms with Crippen LogP contribution in [0.3, 0.4) is 0 Å². The zero-order valence-corrected chi connectivity index (χ0v) is 17.1. The van der Waals surface area contributed by atoms with Crippen molar-refractivity contribution in [3.8, 4) is 22.5 Å². The van der Waals surface area contributed by atoms with Gasteiger partial charge in [0.25, 0.3) is 0 Å². The summed E-state index contributed by atoms with van der Waals surface area (Å²) in [6.07, 6.45) is 0.144. The van der Waals surface area contributed by atoms with Crippen LogP contribution in [0.25, 0.3) is 22.5 Å². The van der Waals surface area contributed by atoms with E-state index in [0.29, 0.717) is 10.9 Å². The van der Waals surface area contributed by atoms with Crippen molar-refractivity contribution >= 4 is 11.6 Å². The first-order valence-corrected chi connectivity index (χ1v) is 10.2. The highest BCUT2D eigenvalue weighted by Gasteiger charge is 2.22. The van der Waals surface area contributed by atoms with Gasteiger partial charge in [-0.1, -0.05) is 61.8 Å². The zero-order chi connectivity index (χ0) is 19.5. The van der Waals surface area contributed by atoms with Crippen LogP contribution in [0.15, 0.2) is 54.6 Å². The molecule has 1 aliphatic heterocycles. The molecule has 4 rings (SSSR count). The second-order valence-corrected chi connectivity index (χ2v) is 8.25. The Morgan fingerprint density at radius 3 is 2.71 bits per heavy atom. The molecule has 2 aromatic carbocycles. The minimum Gasteiger partial charge on any atom is -0.371 e. The molecule has 0 saturated carbocycles.